The highest BCUT2D eigenvalue weighted by Crippen LogP contribution is 2.32. The first-order valence-electron chi connectivity index (χ1n) is 4.31. The highest BCUT2D eigenvalue weighted by atomic mass is 79.9. The van der Waals surface area contributed by atoms with Crippen LogP contribution in [0.25, 0.3) is 11.1 Å². The maximum atomic E-state index is 13.7. The molecule has 0 aliphatic carbocycles. The summed E-state index contributed by atoms with van der Waals surface area (Å²) in [7, 11) is 0. The number of carbonyl (C=O) groups excluding carboxylic acids is 1. The van der Waals surface area contributed by atoms with Crippen LogP contribution in [0.4, 0.5) is 8.78 Å². The molecule has 0 fully saturated rings. The van der Waals surface area contributed by atoms with Crippen molar-refractivity contribution in [1.82, 2.24) is 0 Å². The van der Waals surface area contributed by atoms with Crippen molar-refractivity contribution in [3.05, 3.63) is 46.3 Å². The van der Waals surface area contributed by atoms with Gasteiger partial charge in [0.2, 0.25) is 0 Å². The maximum absolute atomic E-state index is 13.7. The first kappa shape index (κ1) is 11.0. The van der Waals surface area contributed by atoms with Gasteiger partial charge < -0.3 is 4.42 Å². The third-order valence-electron chi connectivity index (χ3n) is 2.12. The van der Waals surface area contributed by atoms with Gasteiger partial charge in [-0.1, -0.05) is 0 Å². The molecule has 0 saturated heterocycles. The van der Waals surface area contributed by atoms with Gasteiger partial charge in [0.1, 0.15) is 11.6 Å². The molecule has 0 aliphatic rings. The summed E-state index contributed by atoms with van der Waals surface area (Å²) in [5.74, 6) is -1.61. The molecule has 0 amide bonds. The Kier molecular flexibility index (Phi) is 2.87. The Hall–Kier alpha value is -1.49. The second-order valence-corrected chi connectivity index (χ2v) is 3.89. The molecule has 0 saturated carbocycles. The van der Waals surface area contributed by atoms with Crippen LogP contribution in [0.1, 0.15) is 10.6 Å². The summed E-state index contributed by atoms with van der Waals surface area (Å²) in [6.45, 7) is 0. The number of furan rings is 1. The van der Waals surface area contributed by atoms with Crippen LogP contribution in [0.5, 0.6) is 0 Å². The van der Waals surface area contributed by atoms with Crippen LogP contribution in [-0.2, 0) is 0 Å². The lowest BCUT2D eigenvalue weighted by Gasteiger charge is -2.04. The van der Waals surface area contributed by atoms with Crippen molar-refractivity contribution in [3.8, 4) is 11.1 Å². The molecule has 82 valence electrons. The van der Waals surface area contributed by atoms with E-state index < -0.39 is 11.6 Å². The van der Waals surface area contributed by atoms with Crippen LogP contribution < -0.4 is 0 Å². The van der Waals surface area contributed by atoms with E-state index in [0.29, 0.717) is 6.29 Å². The van der Waals surface area contributed by atoms with Gasteiger partial charge in [-0.3, -0.25) is 4.79 Å². The highest BCUT2D eigenvalue weighted by Gasteiger charge is 2.18. The third kappa shape index (κ3) is 1.67. The number of hydrogen-bond donors (Lipinski definition) is 0. The van der Waals surface area contributed by atoms with Crippen LogP contribution in [0, 0.1) is 11.6 Å². The maximum Gasteiger partial charge on any atom is 0.185 e. The molecule has 1 aromatic carbocycles. The van der Waals surface area contributed by atoms with E-state index in [1.165, 1.54) is 18.4 Å². The van der Waals surface area contributed by atoms with Crippen molar-refractivity contribution in [3.63, 3.8) is 0 Å². The molecular weight excluding hydrogens is 282 g/mol. The zero-order chi connectivity index (χ0) is 11.7. The molecule has 1 aromatic heterocycles. The van der Waals surface area contributed by atoms with Gasteiger partial charge >= 0.3 is 0 Å². The molecule has 0 unspecified atom stereocenters. The minimum absolute atomic E-state index is 0.101. The Balaban J connectivity index is 2.73. The lowest BCUT2D eigenvalue weighted by molar-refractivity contribution is 0.110. The van der Waals surface area contributed by atoms with E-state index in [2.05, 4.69) is 15.9 Å². The van der Waals surface area contributed by atoms with E-state index in [4.69, 9.17) is 4.42 Å². The second kappa shape index (κ2) is 4.17. The fourth-order valence-electron chi connectivity index (χ4n) is 1.39. The fraction of sp³-hybridized carbons (Fsp3) is 0. The molecule has 0 aliphatic heterocycles. The smallest absolute Gasteiger partial charge is 0.185 e. The minimum Gasteiger partial charge on any atom is -0.461 e. The van der Waals surface area contributed by atoms with Crippen LogP contribution in [0.3, 0.4) is 0 Å². The lowest BCUT2D eigenvalue weighted by atomic mass is 10.1. The molecule has 0 spiro atoms. The van der Waals surface area contributed by atoms with Gasteiger partial charge in [-0.25, -0.2) is 8.78 Å². The van der Waals surface area contributed by atoms with Crippen molar-refractivity contribution in [2.24, 2.45) is 0 Å². The molecule has 2 nitrogen and oxygen atoms in total. The van der Waals surface area contributed by atoms with Crippen molar-refractivity contribution < 1.29 is 18.0 Å². The fourth-order valence-corrected chi connectivity index (χ4v) is 1.72. The molecule has 0 radical (unpaired) electrons. The SMILES string of the molecule is O=Cc1occc1-c1c(F)ccc(Br)c1F. The predicted octanol–water partition coefficient (Wildman–Crippen LogP) is 3.80. The zero-order valence-electron chi connectivity index (χ0n) is 7.84. The van der Waals surface area contributed by atoms with Gasteiger partial charge in [0.25, 0.3) is 0 Å². The standard InChI is InChI=1S/C11H5BrF2O2/c12-7-1-2-8(13)10(11(7)14)6-3-4-16-9(6)5-15/h1-5H. The molecule has 1 heterocycles. The molecule has 16 heavy (non-hydrogen) atoms. The number of halogens is 3. The average Bonchev–Trinajstić information content (AvgIpc) is 2.72. The quantitative estimate of drug-likeness (QED) is 0.621. The number of aldehydes is 1. The molecular formula is C11H5BrF2O2. The van der Waals surface area contributed by atoms with Gasteiger partial charge in [0.05, 0.1) is 16.3 Å². The van der Waals surface area contributed by atoms with Gasteiger partial charge in [0, 0.05) is 5.56 Å². The van der Waals surface area contributed by atoms with E-state index >= 15 is 0 Å². The number of hydrogen-bond acceptors (Lipinski definition) is 2. The molecule has 0 N–H and O–H groups in total. The third-order valence-corrected chi connectivity index (χ3v) is 2.73. The van der Waals surface area contributed by atoms with Crippen LogP contribution in [0.2, 0.25) is 0 Å². The number of rotatable bonds is 2. The monoisotopic (exact) mass is 286 g/mol. The Labute approximate surface area is 98.0 Å². The topological polar surface area (TPSA) is 30.2 Å². The number of benzene rings is 1. The number of carbonyl (C=O) groups is 1. The molecule has 0 bridgehead atoms. The second-order valence-electron chi connectivity index (χ2n) is 3.03. The summed E-state index contributed by atoms with van der Waals surface area (Å²) in [5.41, 5.74) is -0.170. The summed E-state index contributed by atoms with van der Waals surface area (Å²) in [6.07, 6.45) is 1.62. The lowest BCUT2D eigenvalue weighted by Crippen LogP contribution is -1.92. The van der Waals surface area contributed by atoms with Crippen LogP contribution in [0.15, 0.2) is 33.4 Å². The summed E-state index contributed by atoms with van der Waals surface area (Å²) >= 11 is 2.95. The summed E-state index contributed by atoms with van der Waals surface area (Å²) in [4.78, 5) is 10.6. The molecule has 5 heteroatoms. The predicted molar refractivity (Wildman–Crippen MR) is 57.1 cm³/mol. The van der Waals surface area contributed by atoms with Crippen LogP contribution >= 0.6 is 15.9 Å². The van der Waals surface area contributed by atoms with E-state index in [-0.39, 0.29) is 21.4 Å². The van der Waals surface area contributed by atoms with E-state index in [9.17, 15) is 13.6 Å². The van der Waals surface area contributed by atoms with Crippen molar-refractivity contribution in [2.75, 3.05) is 0 Å². The minimum atomic E-state index is -0.760. The summed E-state index contributed by atoms with van der Waals surface area (Å²) < 4.78 is 32.1. The van der Waals surface area contributed by atoms with Gasteiger partial charge in [-0.05, 0) is 34.1 Å². The van der Waals surface area contributed by atoms with Gasteiger partial charge in [0.15, 0.2) is 12.0 Å². The van der Waals surface area contributed by atoms with Crippen molar-refractivity contribution in [1.29, 1.82) is 0 Å². The Bertz CT molecular complexity index is 549. The van der Waals surface area contributed by atoms with Gasteiger partial charge in [-0.15, -0.1) is 0 Å². The molecule has 2 rings (SSSR count). The molecule has 0 atom stereocenters. The largest absolute Gasteiger partial charge is 0.461 e. The van der Waals surface area contributed by atoms with E-state index in [0.717, 1.165) is 6.07 Å². The average molecular weight is 287 g/mol. The van der Waals surface area contributed by atoms with Crippen LogP contribution in [-0.4, -0.2) is 6.29 Å². The first-order chi connectivity index (χ1) is 7.65. The first-order valence-corrected chi connectivity index (χ1v) is 5.11. The zero-order valence-corrected chi connectivity index (χ0v) is 9.42. The Morgan fingerprint density at radius 3 is 2.69 bits per heavy atom. The van der Waals surface area contributed by atoms with Gasteiger partial charge in [-0.2, -0.15) is 0 Å². The molecule has 2 aromatic rings. The van der Waals surface area contributed by atoms with Crippen molar-refractivity contribution in [2.45, 2.75) is 0 Å². The van der Waals surface area contributed by atoms with E-state index in [1.54, 1.807) is 0 Å². The van der Waals surface area contributed by atoms with E-state index in [1.807, 2.05) is 0 Å². The summed E-state index contributed by atoms with van der Waals surface area (Å²) in [5, 5.41) is 0. The normalized spacial score (nSPS) is 10.4. The van der Waals surface area contributed by atoms with Crippen molar-refractivity contribution >= 4 is 22.2 Å². The summed E-state index contributed by atoms with van der Waals surface area (Å²) in [6, 6.07) is 3.72. The Morgan fingerprint density at radius 1 is 1.25 bits per heavy atom. The highest BCUT2D eigenvalue weighted by molar-refractivity contribution is 9.10. The Morgan fingerprint density at radius 2 is 2.00 bits per heavy atom.